The molecule has 0 radical (unpaired) electrons. The zero-order valence-electron chi connectivity index (χ0n) is 15.2. The molecule has 24 heavy (non-hydrogen) atoms. The summed E-state index contributed by atoms with van der Waals surface area (Å²) in [5.74, 6) is 1.10. The van der Waals surface area contributed by atoms with Crippen LogP contribution >= 0.6 is 0 Å². The minimum absolute atomic E-state index is 0.156. The molecule has 0 spiro atoms. The number of carbonyl (C=O) groups is 1. The Morgan fingerprint density at radius 3 is 2.67 bits per heavy atom. The van der Waals surface area contributed by atoms with Gasteiger partial charge in [-0.25, -0.2) is 4.98 Å². The van der Waals surface area contributed by atoms with Crippen molar-refractivity contribution in [1.29, 1.82) is 0 Å². The number of anilines is 1. The Kier molecular flexibility index (Phi) is 5.39. The molecule has 0 N–H and O–H groups in total. The van der Waals surface area contributed by atoms with E-state index in [-0.39, 0.29) is 5.91 Å². The van der Waals surface area contributed by atoms with Crippen molar-refractivity contribution in [3.05, 3.63) is 23.9 Å². The average Bonchev–Trinajstić information content (AvgIpc) is 3.15. The van der Waals surface area contributed by atoms with Gasteiger partial charge in [0.2, 0.25) is 0 Å². The first-order chi connectivity index (χ1) is 11.6. The summed E-state index contributed by atoms with van der Waals surface area (Å²) in [7, 11) is 0. The summed E-state index contributed by atoms with van der Waals surface area (Å²) in [5, 5.41) is 0. The van der Waals surface area contributed by atoms with Crippen LogP contribution in [0.3, 0.4) is 0 Å². The Morgan fingerprint density at radius 2 is 2.00 bits per heavy atom. The van der Waals surface area contributed by atoms with E-state index in [4.69, 9.17) is 0 Å². The molecular weight excluding hydrogens is 300 g/mol. The molecule has 3 heterocycles. The van der Waals surface area contributed by atoms with Crippen molar-refractivity contribution < 1.29 is 4.79 Å². The van der Waals surface area contributed by atoms with Crippen molar-refractivity contribution in [1.82, 2.24) is 14.8 Å². The minimum atomic E-state index is 0.156. The standard InChI is InChI=1S/C19H30N4O/c1-4-17-14-22(11-12-23(17)15(2)3)18-13-16(7-8-20-18)19(24)21-9-5-6-10-21/h7-8,13,15,17H,4-6,9-12,14H2,1-3H3. The van der Waals surface area contributed by atoms with Gasteiger partial charge < -0.3 is 9.80 Å². The third-order valence-corrected chi connectivity index (χ3v) is 5.37. The van der Waals surface area contributed by atoms with E-state index in [9.17, 15) is 4.79 Å². The van der Waals surface area contributed by atoms with Crippen molar-refractivity contribution in [2.75, 3.05) is 37.6 Å². The second kappa shape index (κ2) is 7.51. The van der Waals surface area contributed by atoms with Crippen LogP contribution in [0, 0.1) is 0 Å². The lowest BCUT2D eigenvalue weighted by Crippen LogP contribution is -2.55. The molecule has 0 saturated carbocycles. The largest absolute Gasteiger partial charge is 0.354 e. The van der Waals surface area contributed by atoms with Gasteiger partial charge in [-0.15, -0.1) is 0 Å². The van der Waals surface area contributed by atoms with Crippen molar-refractivity contribution >= 4 is 11.7 Å². The highest BCUT2D eigenvalue weighted by molar-refractivity contribution is 5.95. The number of aromatic nitrogens is 1. The summed E-state index contributed by atoms with van der Waals surface area (Å²) in [6.45, 7) is 11.6. The molecule has 1 atom stereocenters. The molecule has 5 heteroatoms. The fraction of sp³-hybridized carbons (Fsp3) is 0.684. The zero-order chi connectivity index (χ0) is 17.1. The molecule has 1 aromatic rings. The van der Waals surface area contributed by atoms with Crippen LogP contribution in [0.15, 0.2) is 18.3 Å². The van der Waals surface area contributed by atoms with Crippen LogP contribution in [0.25, 0.3) is 0 Å². The first kappa shape index (κ1) is 17.2. The fourth-order valence-electron chi connectivity index (χ4n) is 3.95. The number of likely N-dealkylation sites (tertiary alicyclic amines) is 1. The van der Waals surface area contributed by atoms with Crippen molar-refractivity contribution in [2.45, 2.75) is 52.1 Å². The van der Waals surface area contributed by atoms with Gasteiger partial charge in [-0.05, 0) is 45.2 Å². The van der Waals surface area contributed by atoms with Crippen LogP contribution < -0.4 is 4.90 Å². The van der Waals surface area contributed by atoms with Crippen molar-refractivity contribution in [2.24, 2.45) is 0 Å². The predicted molar refractivity (Wildman–Crippen MR) is 97.5 cm³/mol. The van der Waals surface area contributed by atoms with E-state index in [1.165, 1.54) is 0 Å². The topological polar surface area (TPSA) is 39.7 Å². The van der Waals surface area contributed by atoms with Gasteiger partial charge in [0.1, 0.15) is 5.82 Å². The van der Waals surface area contributed by atoms with Crippen molar-refractivity contribution in [3.63, 3.8) is 0 Å². The normalized spacial score (nSPS) is 22.4. The first-order valence-electron chi connectivity index (χ1n) is 9.36. The Morgan fingerprint density at radius 1 is 1.25 bits per heavy atom. The summed E-state index contributed by atoms with van der Waals surface area (Å²) in [6, 6.07) is 4.97. The molecule has 1 unspecified atom stereocenters. The second-order valence-electron chi connectivity index (χ2n) is 7.24. The summed E-state index contributed by atoms with van der Waals surface area (Å²) in [4.78, 5) is 24.0. The Hall–Kier alpha value is -1.62. The summed E-state index contributed by atoms with van der Waals surface area (Å²) in [5.41, 5.74) is 0.779. The SMILES string of the molecule is CCC1CN(c2cc(C(=O)N3CCCC3)ccn2)CCN1C(C)C. The minimum Gasteiger partial charge on any atom is -0.354 e. The van der Waals surface area contributed by atoms with Crippen LogP contribution in [0.4, 0.5) is 5.82 Å². The number of hydrogen-bond acceptors (Lipinski definition) is 4. The molecule has 2 fully saturated rings. The molecular formula is C19H30N4O. The summed E-state index contributed by atoms with van der Waals surface area (Å²) in [6.07, 6.45) is 5.17. The summed E-state index contributed by atoms with van der Waals surface area (Å²) >= 11 is 0. The van der Waals surface area contributed by atoms with E-state index in [2.05, 4.69) is 35.6 Å². The van der Waals surface area contributed by atoms with Gasteiger partial charge in [0, 0.05) is 56.6 Å². The van der Waals surface area contributed by atoms with Gasteiger partial charge in [-0.3, -0.25) is 9.69 Å². The number of pyridine rings is 1. The third kappa shape index (κ3) is 3.56. The number of nitrogens with zero attached hydrogens (tertiary/aromatic N) is 4. The Bertz CT molecular complexity index is 568. The van der Waals surface area contributed by atoms with E-state index in [0.29, 0.717) is 12.1 Å². The molecule has 1 aromatic heterocycles. The molecule has 1 amide bonds. The van der Waals surface area contributed by atoms with E-state index < -0.39 is 0 Å². The lowest BCUT2D eigenvalue weighted by molar-refractivity contribution is 0.0792. The zero-order valence-corrected chi connectivity index (χ0v) is 15.2. The van der Waals surface area contributed by atoms with Crippen LogP contribution in [0.2, 0.25) is 0 Å². The highest BCUT2D eigenvalue weighted by atomic mass is 16.2. The van der Waals surface area contributed by atoms with Gasteiger partial charge >= 0.3 is 0 Å². The fourth-order valence-corrected chi connectivity index (χ4v) is 3.95. The third-order valence-electron chi connectivity index (χ3n) is 5.37. The van der Waals surface area contributed by atoms with Crippen LogP contribution in [0.5, 0.6) is 0 Å². The van der Waals surface area contributed by atoms with Gasteiger partial charge in [-0.2, -0.15) is 0 Å². The van der Waals surface area contributed by atoms with E-state index >= 15 is 0 Å². The average molecular weight is 330 g/mol. The number of carbonyl (C=O) groups excluding carboxylic acids is 1. The van der Waals surface area contributed by atoms with E-state index in [0.717, 1.165) is 63.4 Å². The maximum Gasteiger partial charge on any atom is 0.254 e. The van der Waals surface area contributed by atoms with E-state index in [1.54, 1.807) is 6.20 Å². The molecule has 132 valence electrons. The highest BCUT2D eigenvalue weighted by Gasteiger charge is 2.28. The molecule has 0 aliphatic carbocycles. The number of hydrogen-bond donors (Lipinski definition) is 0. The molecule has 0 bridgehead atoms. The molecule has 0 aromatic carbocycles. The number of rotatable bonds is 4. The molecule has 2 saturated heterocycles. The van der Waals surface area contributed by atoms with Crippen LogP contribution in [-0.4, -0.2) is 65.5 Å². The van der Waals surface area contributed by atoms with Gasteiger partial charge in [0.15, 0.2) is 0 Å². The first-order valence-corrected chi connectivity index (χ1v) is 9.36. The van der Waals surface area contributed by atoms with E-state index in [1.807, 2.05) is 17.0 Å². The maximum atomic E-state index is 12.6. The Balaban J connectivity index is 1.73. The van der Waals surface area contributed by atoms with Gasteiger partial charge in [-0.1, -0.05) is 6.92 Å². The van der Waals surface area contributed by atoms with Gasteiger partial charge in [0.25, 0.3) is 5.91 Å². The molecule has 2 aliphatic heterocycles. The van der Waals surface area contributed by atoms with Crippen LogP contribution in [0.1, 0.15) is 50.4 Å². The van der Waals surface area contributed by atoms with Gasteiger partial charge in [0.05, 0.1) is 0 Å². The van der Waals surface area contributed by atoms with Crippen molar-refractivity contribution in [3.8, 4) is 0 Å². The molecule has 5 nitrogen and oxygen atoms in total. The number of piperazine rings is 1. The lowest BCUT2D eigenvalue weighted by atomic mass is 10.1. The molecule has 3 rings (SSSR count). The second-order valence-corrected chi connectivity index (χ2v) is 7.24. The monoisotopic (exact) mass is 330 g/mol. The lowest BCUT2D eigenvalue weighted by Gasteiger charge is -2.43. The summed E-state index contributed by atoms with van der Waals surface area (Å²) < 4.78 is 0. The highest BCUT2D eigenvalue weighted by Crippen LogP contribution is 2.22. The number of amides is 1. The van der Waals surface area contributed by atoms with Crippen LogP contribution in [-0.2, 0) is 0 Å². The molecule has 2 aliphatic rings. The smallest absolute Gasteiger partial charge is 0.254 e. The maximum absolute atomic E-state index is 12.6. The predicted octanol–water partition coefficient (Wildman–Crippen LogP) is 2.63. The Labute approximate surface area is 145 Å². The quantitative estimate of drug-likeness (QED) is 0.851.